The van der Waals surface area contributed by atoms with Crippen LogP contribution in [0.2, 0.25) is 0 Å². The van der Waals surface area contributed by atoms with Gasteiger partial charge in [-0.05, 0) is 51.5 Å². The largest absolute Gasteiger partial charge is 0.442 e. The first-order valence-electron chi connectivity index (χ1n) is 9.01. The van der Waals surface area contributed by atoms with Gasteiger partial charge in [0.25, 0.3) is 0 Å². The van der Waals surface area contributed by atoms with E-state index in [4.69, 9.17) is 0 Å². The van der Waals surface area contributed by atoms with Crippen molar-refractivity contribution in [3.05, 3.63) is 29.8 Å². The molecule has 4 rings (SSSR count). The molecule has 3 heterocycles. The highest BCUT2D eigenvalue weighted by Crippen LogP contribution is 2.52. The molecule has 0 saturated carbocycles. The Kier molecular flexibility index (Phi) is 4.38. The molecule has 2 fully saturated rings. The number of hydrogen-bond donors (Lipinski definition) is 1. The van der Waals surface area contributed by atoms with Gasteiger partial charge in [-0.1, -0.05) is 12.1 Å². The summed E-state index contributed by atoms with van der Waals surface area (Å²) in [5, 5.41) is 16.4. The van der Waals surface area contributed by atoms with E-state index in [1.165, 1.54) is 4.31 Å². The zero-order chi connectivity index (χ0) is 20.4. The second kappa shape index (κ2) is 6.22. The SMILES string of the molecule is CN1CCC2(CC1)CC(O)CN2S(=O)(=O)c1ccc(C2(C(F)(F)F)N=N2)cc1. The summed E-state index contributed by atoms with van der Waals surface area (Å²) in [6.45, 7) is 1.43. The second-order valence-corrected chi connectivity index (χ2v) is 9.68. The van der Waals surface area contributed by atoms with Gasteiger partial charge in [0.1, 0.15) is 0 Å². The zero-order valence-electron chi connectivity index (χ0n) is 15.2. The van der Waals surface area contributed by atoms with Gasteiger partial charge in [-0.3, -0.25) is 0 Å². The lowest BCUT2D eigenvalue weighted by atomic mass is 9.86. The third kappa shape index (κ3) is 2.95. The number of rotatable bonds is 3. The van der Waals surface area contributed by atoms with E-state index in [0.29, 0.717) is 19.3 Å². The van der Waals surface area contributed by atoms with Gasteiger partial charge >= 0.3 is 11.8 Å². The Bertz CT molecular complexity index is 887. The Hall–Kier alpha value is -1.56. The molecule has 3 aliphatic heterocycles. The number of sulfonamides is 1. The fourth-order valence-electron chi connectivity index (χ4n) is 4.26. The summed E-state index contributed by atoms with van der Waals surface area (Å²) in [6.07, 6.45) is -3.84. The highest BCUT2D eigenvalue weighted by molar-refractivity contribution is 7.89. The summed E-state index contributed by atoms with van der Waals surface area (Å²) in [5.41, 5.74) is -3.44. The van der Waals surface area contributed by atoms with Gasteiger partial charge in [-0.15, -0.1) is 10.2 Å². The van der Waals surface area contributed by atoms with Crippen molar-refractivity contribution < 1.29 is 26.7 Å². The minimum atomic E-state index is -4.66. The Morgan fingerprint density at radius 2 is 1.71 bits per heavy atom. The molecule has 3 aliphatic rings. The van der Waals surface area contributed by atoms with Gasteiger partial charge in [-0.25, -0.2) is 8.42 Å². The smallest absolute Gasteiger partial charge is 0.392 e. The molecule has 1 aromatic carbocycles. The maximum Gasteiger partial charge on any atom is 0.442 e. The number of aliphatic hydroxyl groups is 1. The number of likely N-dealkylation sites (tertiary alicyclic amines) is 1. The van der Waals surface area contributed by atoms with Crippen molar-refractivity contribution in [1.29, 1.82) is 0 Å². The Morgan fingerprint density at radius 1 is 1.14 bits per heavy atom. The van der Waals surface area contributed by atoms with Crippen molar-refractivity contribution in [1.82, 2.24) is 9.21 Å². The van der Waals surface area contributed by atoms with Gasteiger partial charge in [0.2, 0.25) is 10.0 Å². The monoisotopic (exact) mass is 418 g/mol. The van der Waals surface area contributed by atoms with Crippen LogP contribution in [0.25, 0.3) is 0 Å². The number of piperidine rings is 1. The molecule has 2 saturated heterocycles. The lowest BCUT2D eigenvalue weighted by Crippen LogP contribution is -2.53. The molecule has 11 heteroatoms. The van der Waals surface area contributed by atoms with E-state index in [1.54, 1.807) is 0 Å². The van der Waals surface area contributed by atoms with Crippen LogP contribution in [0.4, 0.5) is 13.2 Å². The average molecular weight is 418 g/mol. The normalized spacial score (nSPS) is 27.4. The number of hydrogen-bond acceptors (Lipinski definition) is 6. The number of halogens is 3. The Balaban J connectivity index is 1.63. The van der Waals surface area contributed by atoms with Crippen LogP contribution in [0.3, 0.4) is 0 Å². The number of benzene rings is 1. The summed E-state index contributed by atoms with van der Waals surface area (Å²) >= 11 is 0. The standard InChI is InChI=1S/C17H21F3N4O3S/c1-23-8-6-15(7-9-23)10-13(25)11-24(15)28(26,27)14-4-2-12(3-5-14)16(21-22-16)17(18,19)20/h2-5,13,25H,6-11H2,1H3. The van der Waals surface area contributed by atoms with E-state index in [2.05, 4.69) is 15.1 Å². The van der Waals surface area contributed by atoms with Crippen LogP contribution in [0.1, 0.15) is 24.8 Å². The van der Waals surface area contributed by atoms with Crippen molar-refractivity contribution >= 4 is 10.0 Å². The summed E-state index contributed by atoms with van der Waals surface area (Å²) in [6, 6.07) is 4.53. The predicted molar refractivity (Wildman–Crippen MR) is 93.0 cm³/mol. The number of alkyl halides is 3. The number of aliphatic hydroxyl groups excluding tert-OH is 1. The van der Waals surface area contributed by atoms with E-state index >= 15 is 0 Å². The lowest BCUT2D eigenvalue weighted by Gasteiger charge is -2.43. The van der Waals surface area contributed by atoms with Crippen LogP contribution in [-0.2, 0) is 15.7 Å². The van der Waals surface area contributed by atoms with Crippen molar-refractivity contribution in [3.63, 3.8) is 0 Å². The average Bonchev–Trinajstić information content (AvgIpc) is 3.38. The first kappa shape index (κ1) is 19.7. The van der Waals surface area contributed by atoms with E-state index in [1.807, 2.05) is 7.05 Å². The van der Waals surface area contributed by atoms with Gasteiger partial charge in [0, 0.05) is 17.6 Å². The summed E-state index contributed by atoms with van der Waals surface area (Å²) in [4.78, 5) is 2.01. The van der Waals surface area contributed by atoms with Crippen LogP contribution in [-0.4, -0.2) is 67.2 Å². The third-order valence-electron chi connectivity index (χ3n) is 5.98. The van der Waals surface area contributed by atoms with Crippen LogP contribution in [0.5, 0.6) is 0 Å². The van der Waals surface area contributed by atoms with Crippen molar-refractivity contribution in [2.75, 3.05) is 26.7 Å². The molecule has 1 unspecified atom stereocenters. The predicted octanol–water partition coefficient (Wildman–Crippen LogP) is 2.09. The molecule has 1 spiro atoms. The maximum absolute atomic E-state index is 13.2. The molecule has 0 aliphatic carbocycles. The third-order valence-corrected chi connectivity index (χ3v) is 7.96. The summed E-state index contributed by atoms with van der Waals surface area (Å²) in [7, 11) is -2.00. The van der Waals surface area contributed by atoms with E-state index in [9.17, 15) is 26.7 Å². The zero-order valence-corrected chi connectivity index (χ0v) is 16.0. The fraction of sp³-hybridized carbons (Fsp3) is 0.647. The topological polar surface area (TPSA) is 85.6 Å². The summed E-state index contributed by atoms with van der Waals surface area (Å²) in [5.74, 6) is 0. The molecule has 7 nitrogen and oxygen atoms in total. The van der Waals surface area contributed by atoms with E-state index in [-0.39, 0.29) is 17.0 Å². The van der Waals surface area contributed by atoms with Gasteiger partial charge in [0.15, 0.2) is 0 Å². The van der Waals surface area contributed by atoms with Crippen molar-refractivity contribution in [2.24, 2.45) is 10.2 Å². The number of nitrogens with zero attached hydrogens (tertiary/aromatic N) is 4. The molecule has 1 N–H and O–H groups in total. The van der Waals surface area contributed by atoms with Gasteiger partial charge in [0.05, 0.1) is 11.0 Å². The first-order valence-corrected chi connectivity index (χ1v) is 10.5. The molecule has 0 amide bonds. The Labute approximate surface area is 160 Å². The highest BCUT2D eigenvalue weighted by atomic mass is 32.2. The summed E-state index contributed by atoms with van der Waals surface area (Å²) < 4.78 is 67.2. The molecular weight excluding hydrogens is 397 g/mol. The maximum atomic E-state index is 13.2. The van der Waals surface area contributed by atoms with Crippen LogP contribution < -0.4 is 0 Å². The highest BCUT2D eigenvalue weighted by Gasteiger charge is 2.65. The quantitative estimate of drug-likeness (QED) is 0.815. The van der Waals surface area contributed by atoms with Crippen molar-refractivity contribution in [3.8, 4) is 0 Å². The minimum Gasteiger partial charge on any atom is -0.392 e. The molecule has 28 heavy (non-hydrogen) atoms. The first-order chi connectivity index (χ1) is 13.0. The molecule has 1 atom stereocenters. The van der Waals surface area contributed by atoms with Crippen molar-refractivity contribution in [2.45, 2.75) is 47.6 Å². The minimum absolute atomic E-state index is 0.00897. The molecule has 154 valence electrons. The second-order valence-electron chi connectivity index (χ2n) is 7.82. The van der Waals surface area contributed by atoms with Crippen LogP contribution in [0, 0.1) is 0 Å². The van der Waals surface area contributed by atoms with E-state index < -0.39 is 33.5 Å². The molecule has 1 aromatic rings. The molecule has 0 bridgehead atoms. The fourth-order valence-corrected chi connectivity index (χ4v) is 6.13. The van der Waals surface area contributed by atoms with Gasteiger partial charge < -0.3 is 10.0 Å². The number of β-amino-alcohol motifs (C(OH)–C–C–N with tert-alkyl or cyclic N) is 1. The molecule has 0 radical (unpaired) electrons. The van der Waals surface area contributed by atoms with Crippen LogP contribution in [0.15, 0.2) is 39.4 Å². The molecular formula is C17H21F3N4O3S. The van der Waals surface area contributed by atoms with Gasteiger partial charge in [-0.2, -0.15) is 17.5 Å². The lowest BCUT2D eigenvalue weighted by molar-refractivity contribution is -0.166. The Morgan fingerprint density at radius 3 is 2.21 bits per heavy atom. The van der Waals surface area contributed by atoms with E-state index in [0.717, 1.165) is 37.4 Å². The molecule has 0 aromatic heterocycles. The van der Waals surface area contributed by atoms with Crippen LogP contribution >= 0.6 is 0 Å².